The number of rotatable bonds is 1. The molecule has 2 rings (SSSR count). The van der Waals surface area contributed by atoms with Crippen molar-refractivity contribution in [2.75, 3.05) is 6.61 Å². The smallest absolute Gasteiger partial charge is 0.306 e. The van der Waals surface area contributed by atoms with Crippen molar-refractivity contribution in [3.8, 4) is 0 Å². The van der Waals surface area contributed by atoms with Gasteiger partial charge in [0.05, 0.1) is 6.42 Å². The van der Waals surface area contributed by atoms with Gasteiger partial charge in [-0.1, -0.05) is 0 Å². The van der Waals surface area contributed by atoms with Gasteiger partial charge in [0.1, 0.15) is 6.10 Å². The highest BCUT2D eigenvalue weighted by Gasteiger charge is 2.48. The van der Waals surface area contributed by atoms with Gasteiger partial charge >= 0.3 is 5.97 Å². The summed E-state index contributed by atoms with van der Waals surface area (Å²) in [5.74, 6) is 0.569. The highest BCUT2D eigenvalue weighted by atomic mass is 16.6. The monoisotopic (exact) mass is 142 g/mol. The Kier molecular flexibility index (Phi) is 1.20. The number of esters is 1. The number of aliphatic hydroxyl groups excluding tert-OH is 1. The van der Waals surface area contributed by atoms with Crippen molar-refractivity contribution < 1.29 is 14.6 Å². The largest absolute Gasteiger partial charge is 0.462 e. The lowest BCUT2D eigenvalue weighted by molar-refractivity contribution is -0.144. The van der Waals surface area contributed by atoms with Gasteiger partial charge in [0.25, 0.3) is 0 Å². The van der Waals surface area contributed by atoms with Crippen LogP contribution in [0.5, 0.6) is 0 Å². The Bertz CT molecular complexity index is 166. The second-order valence-electron chi connectivity index (χ2n) is 3.07. The molecule has 3 nitrogen and oxygen atoms in total. The average molecular weight is 142 g/mol. The molecule has 2 aliphatic rings. The number of ether oxygens (including phenoxy) is 1. The number of fused-ring (bicyclic) bond motifs is 1. The first-order valence-corrected chi connectivity index (χ1v) is 3.61. The highest BCUT2D eigenvalue weighted by molar-refractivity contribution is 5.72. The molecule has 3 unspecified atom stereocenters. The van der Waals surface area contributed by atoms with Gasteiger partial charge in [0.2, 0.25) is 0 Å². The Morgan fingerprint density at radius 1 is 1.70 bits per heavy atom. The lowest BCUT2D eigenvalue weighted by Gasteiger charge is -2.36. The fraction of sp³-hybridized carbons (Fsp3) is 0.857. The molecular weight excluding hydrogens is 132 g/mol. The van der Waals surface area contributed by atoms with Crippen LogP contribution in [-0.4, -0.2) is 23.8 Å². The summed E-state index contributed by atoms with van der Waals surface area (Å²) in [5.41, 5.74) is 0. The van der Waals surface area contributed by atoms with Crippen molar-refractivity contribution in [2.45, 2.75) is 18.9 Å². The zero-order chi connectivity index (χ0) is 7.14. The molecule has 3 heteroatoms. The van der Waals surface area contributed by atoms with E-state index >= 15 is 0 Å². The molecule has 1 saturated heterocycles. The van der Waals surface area contributed by atoms with Crippen molar-refractivity contribution in [2.24, 2.45) is 11.8 Å². The summed E-state index contributed by atoms with van der Waals surface area (Å²) in [5, 5.41) is 8.75. The summed E-state index contributed by atoms with van der Waals surface area (Å²) in [6, 6.07) is 0. The lowest BCUT2D eigenvalue weighted by Crippen LogP contribution is -2.39. The van der Waals surface area contributed by atoms with Crippen LogP contribution >= 0.6 is 0 Å². The van der Waals surface area contributed by atoms with Crippen LogP contribution in [0.2, 0.25) is 0 Å². The van der Waals surface area contributed by atoms with Crippen LogP contribution < -0.4 is 0 Å². The van der Waals surface area contributed by atoms with Gasteiger partial charge in [0, 0.05) is 12.5 Å². The maximum atomic E-state index is 10.7. The minimum absolute atomic E-state index is 0.0917. The molecule has 1 N–H and O–H groups in total. The Morgan fingerprint density at radius 3 is 3.10 bits per heavy atom. The maximum Gasteiger partial charge on any atom is 0.306 e. The fourth-order valence-electron chi connectivity index (χ4n) is 1.81. The third-order valence-corrected chi connectivity index (χ3v) is 2.54. The minimum atomic E-state index is -0.0917. The summed E-state index contributed by atoms with van der Waals surface area (Å²) in [6.45, 7) is 0.206. The second-order valence-corrected chi connectivity index (χ2v) is 3.07. The standard InChI is InChI=1S/C7H10O3/c8-3-4-1-6-5(4)2-7(9)10-6/h4-6,8H,1-3H2. The van der Waals surface area contributed by atoms with Gasteiger partial charge in [0.15, 0.2) is 0 Å². The molecule has 56 valence electrons. The quantitative estimate of drug-likeness (QED) is 0.521. The molecule has 0 aromatic carbocycles. The molecule has 1 aliphatic heterocycles. The summed E-state index contributed by atoms with van der Waals surface area (Å²) in [7, 11) is 0. The van der Waals surface area contributed by atoms with Crippen molar-refractivity contribution in [1.29, 1.82) is 0 Å². The number of aliphatic hydroxyl groups is 1. The molecule has 1 aliphatic carbocycles. The Hall–Kier alpha value is -0.570. The van der Waals surface area contributed by atoms with Crippen molar-refractivity contribution in [3.05, 3.63) is 0 Å². The zero-order valence-electron chi connectivity index (χ0n) is 5.62. The van der Waals surface area contributed by atoms with Crippen LogP contribution in [0, 0.1) is 11.8 Å². The SMILES string of the molecule is O=C1CC2C(CO)CC2O1. The van der Waals surface area contributed by atoms with E-state index in [-0.39, 0.29) is 18.7 Å². The number of carbonyl (C=O) groups excluding carboxylic acids is 1. The van der Waals surface area contributed by atoms with E-state index in [1.54, 1.807) is 0 Å². The van der Waals surface area contributed by atoms with Gasteiger partial charge in [-0.15, -0.1) is 0 Å². The van der Waals surface area contributed by atoms with Gasteiger partial charge in [-0.05, 0) is 12.3 Å². The van der Waals surface area contributed by atoms with E-state index in [2.05, 4.69) is 0 Å². The average Bonchev–Trinajstić information content (AvgIpc) is 2.15. The molecule has 0 bridgehead atoms. The number of hydrogen-bond acceptors (Lipinski definition) is 3. The summed E-state index contributed by atoms with van der Waals surface area (Å²) >= 11 is 0. The first-order valence-electron chi connectivity index (χ1n) is 3.61. The predicted octanol–water partition coefficient (Wildman–Crippen LogP) is -0.0697. The van der Waals surface area contributed by atoms with Crippen LogP contribution in [0.15, 0.2) is 0 Å². The topological polar surface area (TPSA) is 46.5 Å². The van der Waals surface area contributed by atoms with E-state index in [0.717, 1.165) is 6.42 Å². The van der Waals surface area contributed by atoms with E-state index in [9.17, 15) is 4.79 Å². The Morgan fingerprint density at radius 2 is 2.50 bits per heavy atom. The van der Waals surface area contributed by atoms with Gasteiger partial charge < -0.3 is 9.84 Å². The Balaban J connectivity index is 1.99. The normalized spacial score (nSPS) is 44.1. The van der Waals surface area contributed by atoms with E-state index in [4.69, 9.17) is 9.84 Å². The minimum Gasteiger partial charge on any atom is -0.462 e. The molecule has 1 heterocycles. The van der Waals surface area contributed by atoms with Crippen molar-refractivity contribution in [1.82, 2.24) is 0 Å². The van der Waals surface area contributed by atoms with Gasteiger partial charge in [-0.25, -0.2) is 0 Å². The molecule has 0 aromatic rings. The molecule has 0 amide bonds. The van der Waals surface area contributed by atoms with Crippen molar-refractivity contribution >= 4 is 5.97 Å². The second kappa shape index (κ2) is 1.95. The molecule has 1 saturated carbocycles. The first kappa shape index (κ1) is 6.16. The maximum absolute atomic E-state index is 10.7. The molecule has 0 aromatic heterocycles. The predicted molar refractivity (Wildman–Crippen MR) is 33.2 cm³/mol. The zero-order valence-corrected chi connectivity index (χ0v) is 5.62. The highest BCUT2D eigenvalue weighted by Crippen LogP contribution is 2.43. The van der Waals surface area contributed by atoms with Crippen LogP contribution in [0.1, 0.15) is 12.8 Å². The molecular formula is C7H10O3. The van der Waals surface area contributed by atoms with E-state index < -0.39 is 0 Å². The van der Waals surface area contributed by atoms with Crippen LogP contribution in [0.4, 0.5) is 0 Å². The van der Waals surface area contributed by atoms with Gasteiger partial charge in [-0.3, -0.25) is 4.79 Å². The molecule has 2 fully saturated rings. The fourth-order valence-corrected chi connectivity index (χ4v) is 1.81. The first-order chi connectivity index (χ1) is 4.81. The summed E-state index contributed by atoms with van der Waals surface area (Å²) < 4.78 is 4.94. The number of hydrogen-bond donors (Lipinski definition) is 1. The summed E-state index contributed by atoms with van der Waals surface area (Å²) in [6.07, 6.45) is 1.53. The van der Waals surface area contributed by atoms with Gasteiger partial charge in [-0.2, -0.15) is 0 Å². The van der Waals surface area contributed by atoms with E-state index in [1.165, 1.54) is 0 Å². The molecule has 3 atom stereocenters. The third kappa shape index (κ3) is 0.669. The van der Waals surface area contributed by atoms with E-state index in [1.807, 2.05) is 0 Å². The lowest BCUT2D eigenvalue weighted by atomic mass is 9.71. The number of carbonyl (C=O) groups is 1. The Labute approximate surface area is 59.0 Å². The molecule has 10 heavy (non-hydrogen) atoms. The third-order valence-electron chi connectivity index (χ3n) is 2.54. The summed E-state index contributed by atoms with van der Waals surface area (Å²) in [4.78, 5) is 10.7. The molecule has 0 radical (unpaired) electrons. The van der Waals surface area contributed by atoms with Crippen LogP contribution in [0.3, 0.4) is 0 Å². The molecule has 0 spiro atoms. The van der Waals surface area contributed by atoms with E-state index in [0.29, 0.717) is 18.3 Å². The van der Waals surface area contributed by atoms with Crippen LogP contribution in [0.25, 0.3) is 0 Å². The van der Waals surface area contributed by atoms with Crippen molar-refractivity contribution in [3.63, 3.8) is 0 Å². The van der Waals surface area contributed by atoms with Crippen LogP contribution in [-0.2, 0) is 9.53 Å².